The summed E-state index contributed by atoms with van der Waals surface area (Å²) in [6, 6.07) is 14.2. The fourth-order valence-corrected chi connectivity index (χ4v) is 3.33. The number of para-hydroxylation sites is 1. The highest BCUT2D eigenvalue weighted by Crippen LogP contribution is 2.21. The van der Waals surface area contributed by atoms with Gasteiger partial charge in [-0.25, -0.2) is 4.98 Å². The van der Waals surface area contributed by atoms with Crippen molar-refractivity contribution in [2.24, 2.45) is 0 Å². The standard InChI is InChI=1S/C20H18ClN3O3S/c1-2-27-15-9-7-14(8-10-15)24-12-11-22-19(20(24)26)28-13-18(25)23-17-6-4-3-5-16(17)21/h3-12H,2,13H2,1H3,(H,23,25). The second-order valence-electron chi connectivity index (χ2n) is 5.65. The fraction of sp³-hybridized carbons (Fsp3) is 0.150. The van der Waals surface area contributed by atoms with Gasteiger partial charge in [0.2, 0.25) is 5.91 Å². The molecular formula is C20H18ClN3O3S. The van der Waals surface area contributed by atoms with Crippen molar-refractivity contribution in [1.82, 2.24) is 9.55 Å². The number of carbonyl (C=O) groups is 1. The smallest absolute Gasteiger partial charge is 0.287 e. The molecule has 0 radical (unpaired) electrons. The van der Waals surface area contributed by atoms with E-state index in [1.54, 1.807) is 54.7 Å². The molecule has 1 amide bonds. The van der Waals surface area contributed by atoms with Crippen molar-refractivity contribution < 1.29 is 9.53 Å². The lowest BCUT2D eigenvalue weighted by molar-refractivity contribution is -0.113. The Bertz CT molecular complexity index is 1020. The number of halogens is 1. The van der Waals surface area contributed by atoms with Crippen LogP contribution < -0.4 is 15.6 Å². The van der Waals surface area contributed by atoms with Crippen LogP contribution in [0.25, 0.3) is 5.69 Å². The van der Waals surface area contributed by atoms with Crippen LogP contribution in [-0.2, 0) is 4.79 Å². The van der Waals surface area contributed by atoms with Crippen LogP contribution in [0.5, 0.6) is 5.75 Å². The van der Waals surface area contributed by atoms with Gasteiger partial charge in [0.1, 0.15) is 5.75 Å². The van der Waals surface area contributed by atoms with E-state index in [4.69, 9.17) is 16.3 Å². The third-order valence-corrected chi connectivity index (χ3v) is 5.01. The summed E-state index contributed by atoms with van der Waals surface area (Å²) in [6.07, 6.45) is 3.12. The molecular weight excluding hydrogens is 398 g/mol. The monoisotopic (exact) mass is 415 g/mol. The Labute approximate surface area is 171 Å². The summed E-state index contributed by atoms with van der Waals surface area (Å²) >= 11 is 7.11. The summed E-state index contributed by atoms with van der Waals surface area (Å²) in [5, 5.41) is 3.42. The minimum absolute atomic E-state index is 0.0424. The van der Waals surface area contributed by atoms with E-state index in [1.807, 2.05) is 6.92 Å². The van der Waals surface area contributed by atoms with Gasteiger partial charge in [-0.05, 0) is 43.3 Å². The summed E-state index contributed by atoms with van der Waals surface area (Å²) in [5.41, 5.74) is 0.933. The lowest BCUT2D eigenvalue weighted by atomic mass is 10.3. The molecule has 3 rings (SSSR count). The Morgan fingerprint density at radius 3 is 2.68 bits per heavy atom. The summed E-state index contributed by atoms with van der Waals surface area (Å²) in [7, 11) is 0. The van der Waals surface area contributed by atoms with Crippen LogP contribution >= 0.6 is 23.4 Å². The quantitative estimate of drug-likeness (QED) is 0.590. The van der Waals surface area contributed by atoms with E-state index in [0.29, 0.717) is 23.0 Å². The molecule has 3 aromatic rings. The summed E-state index contributed by atoms with van der Waals surface area (Å²) in [5.74, 6) is 0.510. The molecule has 0 atom stereocenters. The number of amides is 1. The Hall–Kier alpha value is -2.77. The number of hydrogen-bond donors (Lipinski definition) is 1. The molecule has 0 saturated carbocycles. The minimum Gasteiger partial charge on any atom is -0.494 e. The number of benzene rings is 2. The highest BCUT2D eigenvalue weighted by Gasteiger charge is 2.11. The molecule has 2 aromatic carbocycles. The van der Waals surface area contributed by atoms with Crippen molar-refractivity contribution in [2.45, 2.75) is 11.9 Å². The second-order valence-corrected chi connectivity index (χ2v) is 7.02. The van der Waals surface area contributed by atoms with E-state index in [2.05, 4.69) is 10.3 Å². The number of thioether (sulfide) groups is 1. The van der Waals surface area contributed by atoms with Crippen molar-refractivity contribution in [2.75, 3.05) is 17.7 Å². The van der Waals surface area contributed by atoms with Gasteiger partial charge >= 0.3 is 0 Å². The first kappa shape index (κ1) is 20.0. The van der Waals surface area contributed by atoms with Crippen LogP contribution in [0, 0.1) is 0 Å². The van der Waals surface area contributed by atoms with E-state index < -0.39 is 0 Å². The minimum atomic E-state index is -0.290. The fourth-order valence-electron chi connectivity index (χ4n) is 2.45. The van der Waals surface area contributed by atoms with Crippen LogP contribution in [0.2, 0.25) is 5.02 Å². The molecule has 0 unspecified atom stereocenters. The Morgan fingerprint density at radius 2 is 1.96 bits per heavy atom. The molecule has 8 heteroatoms. The molecule has 144 valence electrons. The van der Waals surface area contributed by atoms with Gasteiger partial charge in [0.25, 0.3) is 5.56 Å². The van der Waals surface area contributed by atoms with Gasteiger partial charge in [-0.3, -0.25) is 14.2 Å². The van der Waals surface area contributed by atoms with E-state index in [-0.39, 0.29) is 22.2 Å². The molecule has 0 aliphatic carbocycles. The maximum absolute atomic E-state index is 12.7. The largest absolute Gasteiger partial charge is 0.494 e. The predicted molar refractivity (Wildman–Crippen MR) is 112 cm³/mol. The molecule has 1 aromatic heterocycles. The highest BCUT2D eigenvalue weighted by molar-refractivity contribution is 7.99. The van der Waals surface area contributed by atoms with Crippen molar-refractivity contribution >= 4 is 35.0 Å². The average molecular weight is 416 g/mol. The first-order valence-electron chi connectivity index (χ1n) is 8.56. The molecule has 0 aliphatic heterocycles. The van der Waals surface area contributed by atoms with Crippen LogP contribution in [0.15, 0.2) is 70.7 Å². The third-order valence-electron chi connectivity index (χ3n) is 3.72. The highest BCUT2D eigenvalue weighted by atomic mass is 35.5. The van der Waals surface area contributed by atoms with E-state index in [9.17, 15) is 9.59 Å². The number of nitrogens with one attached hydrogen (secondary N) is 1. The zero-order valence-electron chi connectivity index (χ0n) is 15.1. The number of anilines is 1. The maximum Gasteiger partial charge on any atom is 0.287 e. The summed E-state index contributed by atoms with van der Waals surface area (Å²) in [4.78, 5) is 29.0. The van der Waals surface area contributed by atoms with E-state index >= 15 is 0 Å². The molecule has 1 heterocycles. The van der Waals surface area contributed by atoms with Crippen molar-refractivity contribution in [3.63, 3.8) is 0 Å². The number of ether oxygens (including phenoxy) is 1. The molecule has 0 bridgehead atoms. The molecule has 0 spiro atoms. The van der Waals surface area contributed by atoms with Gasteiger partial charge < -0.3 is 10.1 Å². The molecule has 1 N–H and O–H groups in total. The molecule has 28 heavy (non-hydrogen) atoms. The van der Waals surface area contributed by atoms with Crippen LogP contribution in [0.1, 0.15) is 6.92 Å². The van der Waals surface area contributed by atoms with Gasteiger partial charge in [0.05, 0.1) is 23.1 Å². The van der Waals surface area contributed by atoms with E-state index in [1.165, 1.54) is 10.8 Å². The van der Waals surface area contributed by atoms with Crippen LogP contribution in [-0.4, -0.2) is 27.8 Å². The van der Waals surface area contributed by atoms with Crippen molar-refractivity contribution in [3.05, 3.63) is 76.3 Å². The Morgan fingerprint density at radius 1 is 1.21 bits per heavy atom. The molecule has 0 fully saturated rings. The lowest BCUT2D eigenvalue weighted by Crippen LogP contribution is -2.22. The average Bonchev–Trinajstić information content (AvgIpc) is 2.70. The molecule has 0 aliphatic rings. The first-order chi connectivity index (χ1) is 13.6. The van der Waals surface area contributed by atoms with Crippen LogP contribution in [0.4, 0.5) is 5.69 Å². The normalized spacial score (nSPS) is 10.5. The molecule has 0 saturated heterocycles. The molecule has 6 nitrogen and oxygen atoms in total. The van der Waals surface area contributed by atoms with Crippen LogP contribution in [0.3, 0.4) is 0 Å². The van der Waals surface area contributed by atoms with Crippen molar-refractivity contribution in [3.8, 4) is 11.4 Å². The Kier molecular flexibility index (Phi) is 6.73. The van der Waals surface area contributed by atoms with Crippen molar-refractivity contribution in [1.29, 1.82) is 0 Å². The van der Waals surface area contributed by atoms with Gasteiger partial charge in [-0.1, -0.05) is 35.5 Å². The number of hydrogen-bond acceptors (Lipinski definition) is 5. The third kappa shape index (κ3) is 4.94. The zero-order chi connectivity index (χ0) is 19.9. The zero-order valence-corrected chi connectivity index (χ0v) is 16.7. The lowest BCUT2D eigenvalue weighted by Gasteiger charge is -2.09. The van der Waals surface area contributed by atoms with Gasteiger partial charge in [-0.2, -0.15) is 0 Å². The van der Waals surface area contributed by atoms with E-state index in [0.717, 1.165) is 17.5 Å². The van der Waals surface area contributed by atoms with Gasteiger partial charge in [0, 0.05) is 18.1 Å². The topological polar surface area (TPSA) is 73.2 Å². The predicted octanol–water partition coefficient (Wildman–Crippen LogP) is 4.02. The SMILES string of the molecule is CCOc1ccc(-n2ccnc(SCC(=O)Nc3ccccc3Cl)c2=O)cc1. The van der Waals surface area contributed by atoms with Gasteiger partial charge in [0.15, 0.2) is 5.03 Å². The maximum atomic E-state index is 12.7. The second kappa shape index (κ2) is 9.43. The van der Waals surface area contributed by atoms with Gasteiger partial charge in [-0.15, -0.1) is 0 Å². The summed E-state index contributed by atoms with van der Waals surface area (Å²) < 4.78 is 6.90. The first-order valence-corrected chi connectivity index (χ1v) is 9.93. The number of nitrogens with zero attached hydrogens (tertiary/aromatic N) is 2. The number of carbonyl (C=O) groups excluding carboxylic acids is 1. The Balaban J connectivity index is 1.70. The number of aromatic nitrogens is 2. The summed E-state index contributed by atoms with van der Waals surface area (Å²) in [6.45, 7) is 2.48. The number of rotatable bonds is 7.